The predicted molar refractivity (Wildman–Crippen MR) is 121 cm³/mol. The van der Waals surface area contributed by atoms with Crippen LogP contribution >= 0.6 is 11.3 Å². The minimum absolute atomic E-state index is 0.0603. The van der Waals surface area contributed by atoms with Crippen molar-refractivity contribution < 1.29 is 13.2 Å². The summed E-state index contributed by atoms with van der Waals surface area (Å²) >= 11 is 1.37. The summed E-state index contributed by atoms with van der Waals surface area (Å²) in [5.74, 6) is -0.408. The van der Waals surface area contributed by atoms with Crippen molar-refractivity contribution in [1.29, 1.82) is 0 Å². The van der Waals surface area contributed by atoms with Crippen molar-refractivity contribution in [2.45, 2.75) is 11.8 Å². The van der Waals surface area contributed by atoms with Gasteiger partial charge in [-0.05, 0) is 49.4 Å². The van der Waals surface area contributed by atoms with Crippen molar-refractivity contribution in [1.82, 2.24) is 4.98 Å². The fraction of sp³-hybridized carbons (Fsp3) is 0.0909. The summed E-state index contributed by atoms with van der Waals surface area (Å²) in [6, 6.07) is 22.5. The summed E-state index contributed by atoms with van der Waals surface area (Å²) in [6.45, 7) is 2.04. The molecule has 4 aromatic rings. The van der Waals surface area contributed by atoms with Gasteiger partial charge in [-0.25, -0.2) is 13.4 Å². The SMILES string of the molecule is CCN(c1ccccc1)S(=O)(=O)c1cccc(C(=O)Nc2nc3ccccc3s2)c1. The van der Waals surface area contributed by atoms with Gasteiger partial charge in [0, 0.05) is 12.1 Å². The molecule has 4 rings (SSSR count). The first-order valence-electron chi connectivity index (χ1n) is 9.34. The Kier molecular flexibility index (Phi) is 5.52. The van der Waals surface area contributed by atoms with Crippen LogP contribution in [0.15, 0.2) is 83.8 Å². The van der Waals surface area contributed by atoms with E-state index < -0.39 is 15.9 Å². The van der Waals surface area contributed by atoms with Crippen molar-refractivity contribution >= 4 is 48.3 Å². The molecular formula is C22H19N3O3S2. The van der Waals surface area contributed by atoms with Gasteiger partial charge in [0.05, 0.1) is 20.8 Å². The highest BCUT2D eigenvalue weighted by Gasteiger charge is 2.24. The zero-order chi connectivity index (χ0) is 21.1. The van der Waals surface area contributed by atoms with Crippen LogP contribution in [0.1, 0.15) is 17.3 Å². The third kappa shape index (κ3) is 3.92. The summed E-state index contributed by atoms with van der Waals surface area (Å²) in [7, 11) is -3.81. The molecule has 1 heterocycles. The maximum atomic E-state index is 13.2. The molecule has 152 valence electrons. The molecule has 0 saturated heterocycles. The molecule has 0 aliphatic rings. The van der Waals surface area contributed by atoms with E-state index in [0.29, 0.717) is 10.8 Å². The Bertz CT molecular complexity index is 1270. The molecular weight excluding hydrogens is 418 g/mol. The maximum absolute atomic E-state index is 13.2. The molecule has 0 fully saturated rings. The van der Waals surface area contributed by atoms with Gasteiger partial charge in [0.1, 0.15) is 0 Å². The van der Waals surface area contributed by atoms with E-state index in [1.807, 2.05) is 30.3 Å². The number of anilines is 2. The first-order valence-corrected chi connectivity index (χ1v) is 11.6. The quantitative estimate of drug-likeness (QED) is 0.471. The summed E-state index contributed by atoms with van der Waals surface area (Å²) < 4.78 is 28.7. The third-order valence-corrected chi connectivity index (χ3v) is 7.38. The van der Waals surface area contributed by atoms with E-state index in [1.54, 1.807) is 43.3 Å². The van der Waals surface area contributed by atoms with Crippen molar-refractivity contribution in [3.63, 3.8) is 0 Å². The van der Waals surface area contributed by atoms with E-state index >= 15 is 0 Å². The van der Waals surface area contributed by atoms with Gasteiger partial charge in [0.2, 0.25) is 0 Å². The molecule has 0 bridgehead atoms. The highest BCUT2D eigenvalue weighted by molar-refractivity contribution is 7.92. The first kappa shape index (κ1) is 20.1. The van der Waals surface area contributed by atoms with Gasteiger partial charge in [-0.15, -0.1) is 0 Å². The lowest BCUT2D eigenvalue weighted by atomic mass is 10.2. The Morgan fingerprint density at radius 3 is 2.47 bits per heavy atom. The first-order chi connectivity index (χ1) is 14.5. The summed E-state index contributed by atoms with van der Waals surface area (Å²) in [4.78, 5) is 17.2. The van der Waals surface area contributed by atoms with Gasteiger partial charge >= 0.3 is 0 Å². The molecule has 8 heteroatoms. The fourth-order valence-electron chi connectivity index (χ4n) is 3.11. The Morgan fingerprint density at radius 1 is 1.00 bits per heavy atom. The molecule has 0 aliphatic carbocycles. The second-order valence-corrected chi connectivity index (χ2v) is 9.37. The average Bonchev–Trinajstić information content (AvgIpc) is 3.17. The van der Waals surface area contributed by atoms with Gasteiger partial charge in [-0.2, -0.15) is 0 Å². The Labute approximate surface area is 178 Å². The number of hydrogen-bond acceptors (Lipinski definition) is 5. The third-order valence-electron chi connectivity index (χ3n) is 4.53. The number of amides is 1. The van der Waals surface area contributed by atoms with Gasteiger partial charge < -0.3 is 0 Å². The molecule has 0 unspecified atom stereocenters. The van der Waals surface area contributed by atoms with Crippen LogP contribution in [-0.2, 0) is 10.0 Å². The van der Waals surface area contributed by atoms with E-state index in [4.69, 9.17) is 0 Å². The van der Waals surface area contributed by atoms with Gasteiger partial charge in [-0.3, -0.25) is 14.4 Å². The van der Waals surface area contributed by atoms with Crippen LogP contribution in [0.25, 0.3) is 10.2 Å². The van der Waals surface area contributed by atoms with Gasteiger partial charge in [0.25, 0.3) is 15.9 Å². The summed E-state index contributed by atoms with van der Waals surface area (Å²) in [6.07, 6.45) is 0. The number of para-hydroxylation sites is 2. The number of benzene rings is 3. The Morgan fingerprint density at radius 2 is 1.73 bits per heavy atom. The van der Waals surface area contributed by atoms with Crippen LogP contribution in [0.3, 0.4) is 0 Å². The Hall–Kier alpha value is -3.23. The number of sulfonamides is 1. The lowest BCUT2D eigenvalue weighted by Gasteiger charge is -2.23. The molecule has 3 aromatic carbocycles. The van der Waals surface area contributed by atoms with Crippen LogP contribution in [0.2, 0.25) is 0 Å². The largest absolute Gasteiger partial charge is 0.298 e. The maximum Gasteiger partial charge on any atom is 0.264 e. The topological polar surface area (TPSA) is 79.4 Å². The molecule has 0 saturated carbocycles. The van der Waals surface area contributed by atoms with Crippen LogP contribution in [0.4, 0.5) is 10.8 Å². The summed E-state index contributed by atoms with van der Waals surface area (Å²) in [5, 5.41) is 3.23. The molecule has 6 nitrogen and oxygen atoms in total. The Balaban J connectivity index is 1.62. The predicted octanol–water partition coefficient (Wildman–Crippen LogP) is 4.76. The molecule has 0 aliphatic heterocycles. The number of fused-ring (bicyclic) bond motifs is 1. The number of nitrogens with one attached hydrogen (secondary N) is 1. The number of hydrogen-bond donors (Lipinski definition) is 1. The number of nitrogens with zero attached hydrogens (tertiary/aromatic N) is 2. The van der Waals surface area contributed by atoms with Gasteiger partial charge in [-0.1, -0.05) is 47.7 Å². The lowest BCUT2D eigenvalue weighted by molar-refractivity contribution is 0.102. The zero-order valence-electron chi connectivity index (χ0n) is 16.1. The highest BCUT2D eigenvalue weighted by atomic mass is 32.2. The number of carbonyl (C=O) groups excluding carboxylic acids is 1. The number of carbonyl (C=O) groups is 1. The lowest BCUT2D eigenvalue weighted by Crippen LogP contribution is -2.30. The normalized spacial score (nSPS) is 11.4. The molecule has 30 heavy (non-hydrogen) atoms. The van der Waals surface area contributed by atoms with Crippen molar-refractivity contribution in [3.8, 4) is 0 Å². The monoisotopic (exact) mass is 437 g/mol. The smallest absolute Gasteiger partial charge is 0.264 e. The van der Waals surface area contributed by atoms with Crippen LogP contribution in [0, 0.1) is 0 Å². The highest BCUT2D eigenvalue weighted by Crippen LogP contribution is 2.27. The van der Waals surface area contributed by atoms with Crippen LogP contribution < -0.4 is 9.62 Å². The summed E-state index contributed by atoms with van der Waals surface area (Å²) in [5.41, 5.74) is 1.62. The van der Waals surface area contributed by atoms with E-state index in [-0.39, 0.29) is 17.0 Å². The minimum atomic E-state index is -3.81. The molecule has 0 spiro atoms. The van der Waals surface area contributed by atoms with Crippen LogP contribution in [-0.4, -0.2) is 25.9 Å². The average molecular weight is 438 g/mol. The van der Waals surface area contributed by atoms with Crippen molar-refractivity contribution in [2.75, 3.05) is 16.2 Å². The molecule has 1 aromatic heterocycles. The van der Waals surface area contributed by atoms with E-state index in [0.717, 1.165) is 10.2 Å². The number of thiazole rings is 1. The molecule has 0 atom stereocenters. The molecule has 1 N–H and O–H groups in total. The molecule has 0 radical (unpaired) electrons. The second-order valence-electron chi connectivity index (χ2n) is 6.47. The van der Waals surface area contributed by atoms with E-state index in [9.17, 15) is 13.2 Å². The van der Waals surface area contributed by atoms with Gasteiger partial charge in [0.15, 0.2) is 5.13 Å². The number of rotatable bonds is 6. The zero-order valence-corrected chi connectivity index (χ0v) is 17.8. The van der Waals surface area contributed by atoms with E-state index in [2.05, 4.69) is 10.3 Å². The minimum Gasteiger partial charge on any atom is -0.298 e. The fourth-order valence-corrected chi connectivity index (χ4v) is 5.49. The van der Waals surface area contributed by atoms with Crippen LogP contribution in [0.5, 0.6) is 0 Å². The second kappa shape index (κ2) is 8.25. The van der Waals surface area contributed by atoms with E-state index in [1.165, 1.54) is 27.8 Å². The van der Waals surface area contributed by atoms with Crippen molar-refractivity contribution in [2.24, 2.45) is 0 Å². The van der Waals surface area contributed by atoms with Crippen molar-refractivity contribution in [3.05, 3.63) is 84.4 Å². The number of aromatic nitrogens is 1. The molecule has 1 amide bonds. The standard InChI is InChI=1S/C22H19N3O3S2/c1-2-25(17-10-4-3-5-11-17)30(27,28)18-12-8-9-16(15-18)21(26)24-22-23-19-13-6-7-14-20(19)29-22/h3-15H,2H2,1H3,(H,23,24,26).